The van der Waals surface area contributed by atoms with Gasteiger partial charge in [-0.3, -0.25) is 9.88 Å². The van der Waals surface area contributed by atoms with Gasteiger partial charge in [-0.05, 0) is 25.0 Å². The van der Waals surface area contributed by atoms with Crippen molar-refractivity contribution in [2.24, 2.45) is 0 Å². The number of carbonyl (C=O) groups is 1. The number of aromatic nitrogens is 1. The molecule has 1 aliphatic heterocycles. The third-order valence-corrected chi connectivity index (χ3v) is 7.12. The number of anilines is 1. The van der Waals surface area contributed by atoms with Crippen LogP contribution in [0.5, 0.6) is 11.5 Å². The molecule has 0 bridgehead atoms. The lowest BCUT2D eigenvalue weighted by Crippen LogP contribution is -2.55. The molecule has 0 atom stereocenters. The fraction of sp³-hybridized carbons (Fsp3) is 0.500. The Bertz CT molecular complexity index is 1110. The maximum atomic E-state index is 11.8. The lowest BCUT2D eigenvalue weighted by atomic mass is 10.1. The van der Waals surface area contributed by atoms with Gasteiger partial charge in [-0.25, -0.2) is 9.52 Å². The minimum atomic E-state index is -4.07. The number of pyridine rings is 1. The van der Waals surface area contributed by atoms with E-state index in [9.17, 15) is 13.2 Å². The van der Waals surface area contributed by atoms with Crippen LogP contribution in [0.2, 0.25) is 0 Å². The summed E-state index contributed by atoms with van der Waals surface area (Å²) in [5, 5.41) is 9.63. The summed E-state index contributed by atoms with van der Waals surface area (Å²) in [5.74, 6) is 1.28. The van der Waals surface area contributed by atoms with Crippen LogP contribution in [0.1, 0.15) is 12.8 Å². The third kappa shape index (κ3) is 4.52. The second kappa shape index (κ2) is 8.60. The Morgan fingerprint density at radius 3 is 2.41 bits per heavy atom. The molecule has 1 aliphatic carbocycles. The van der Waals surface area contributed by atoms with Gasteiger partial charge in [-0.1, -0.05) is 0 Å². The van der Waals surface area contributed by atoms with Gasteiger partial charge in [-0.2, -0.15) is 13.1 Å². The number of fused-ring (bicyclic) bond motifs is 1. The summed E-state index contributed by atoms with van der Waals surface area (Å²) in [7, 11) is -0.868. The van der Waals surface area contributed by atoms with Gasteiger partial charge in [0.15, 0.2) is 11.5 Å². The molecule has 4 rings (SSSR count). The first kappa shape index (κ1) is 22.4. The molecule has 2 aromatic rings. The summed E-state index contributed by atoms with van der Waals surface area (Å²) in [6.45, 7) is 3.27. The van der Waals surface area contributed by atoms with E-state index in [1.807, 2.05) is 18.2 Å². The van der Waals surface area contributed by atoms with E-state index in [-0.39, 0.29) is 12.1 Å². The molecular formula is C20H27N5O6S. The van der Waals surface area contributed by atoms with Gasteiger partial charge in [0, 0.05) is 61.6 Å². The summed E-state index contributed by atoms with van der Waals surface area (Å²) >= 11 is 0. The average molecular weight is 466 g/mol. The van der Waals surface area contributed by atoms with Gasteiger partial charge in [0.2, 0.25) is 0 Å². The van der Waals surface area contributed by atoms with Crippen LogP contribution < -0.4 is 23.8 Å². The summed E-state index contributed by atoms with van der Waals surface area (Å²) in [4.78, 5) is 19.7. The van der Waals surface area contributed by atoms with E-state index in [2.05, 4.69) is 19.5 Å². The molecule has 174 valence electrons. The Labute approximate surface area is 186 Å². The summed E-state index contributed by atoms with van der Waals surface area (Å²) < 4.78 is 38.3. The van der Waals surface area contributed by atoms with Crippen LogP contribution in [0.25, 0.3) is 10.9 Å². The summed E-state index contributed by atoms with van der Waals surface area (Å²) in [5.41, 5.74) is 1.63. The molecule has 32 heavy (non-hydrogen) atoms. The second-order valence-corrected chi connectivity index (χ2v) is 9.48. The van der Waals surface area contributed by atoms with Crippen molar-refractivity contribution in [3.63, 3.8) is 0 Å². The smallest absolute Gasteiger partial charge is 0.419 e. The molecule has 1 aromatic heterocycles. The standard InChI is InChI=1S/C20H27N5O6S/c1-30-17-11-14-15(12-18(17)31-2)21-6-3-16(14)24-7-9-25(10-8-24)20(4-5-20)13-22-32(28,29)23-19(26)27/h3,6,11-12,22-23H,4-5,7-10,13H2,1-2H3,(H,26,27). The third-order valence-electron chi connectivity index (χ3n) is 6.16. The van der Waals surface area contributed by atoms with E-state index in [0.717, 1.165) is 55.6 Å². The molecule has 2 fully saturated rings. The molecule has 0 spiro atoms. The molecule has 0 radical (unpaired) electrons. The topological polar surface area (TPSA) is 133 Å². The van der Waals surface area contributed by atoms with E-state index in [1.54, 1.807) is 20.4 Å². The summed E-state index contributed by atoms with van der Waals surface area (Å²) in [6, 6.07) is 5.79. The van der Waals surface area contributed by atoms with Crippen molar-refractivity contribution in [2.45, 2.75) is 18.4 Å². The maximum Gasteiger partial charge on any atom is 0.419 e. The molecule has 2 heterocycles. The number of piperazine rings is 1. The Morgan fingerprint density at radius 1 is 1.16 bits per heavy atom. The molecule has 3 N–H and O–H groups in total. The number of amides is 1. The fourth-order valence-electron chi connectivity index (χ4n) is 4.29. The van der Waals surface area contributed by atoms with E-state index < -0.39 is 16.3 Å². The van der Waals surface area contributed by atoms with Gasteiger partial charge in [0.05, 0.1) is 19.7 Å². The number of hydrogen-bond acceptors (Lipinski definition) is 8. The molecule has 1 saturated heterocycles. The Kier molecular flexibility index (Phi) is 6.01. The molecule has 11 nitrogen and oxygen atoms in total. The lowest BCUT2D eigenvalue weighted by Gasteiger charge is -2.41. The normalized spacial score (nSPS) is 18.4. The van der Waals surface area contributed by atoms with Crippen LogP contribution in [0.3, 0.4) is 0 Å². The zero-order valence-corrected chi connectivity index (χ0v) is 18.8. The van der Waals surface area contributed by atoms with Crippen molar-refractivity contribution in [3.8, 4) is 11.5 Å². The molecule has 1 amide bonds. The fourth-order valence-corrected chi connectivity index (χ4v) is 5.05. The van der Waals surface area contributed by atoms with E-state index in [1.165, 1.54) is 4.72 Å². The van der Waals surface area contributed by atoms with E-state index in [0.29, 0.717) is 11.5 Å². The summed E-state index contributed by atoms with van der Waals surface area (Å²) in [6.07, 6.45) is 1.92. The van der Waals surface area contributed by atoms with Crippen LogP contribution in [-0.2, 0) is 10.2 Å². The number of benzene rings is 1. The highest BCUT2D eigenvalue weighted by Crippen LogP contribution is 2.42. The molecule has 1 saturated carbocycles. The SMILES string of the molecule is COc1cc2nccc(N3CCN(C4(CNS(=O)(=O)NC(=O)O)CC4)CC3)c2cc1OC. The Balaban J connectivity index is 1.45. The van der Waals surface area contributed by atoms with Crippen LogP contribution in [0.15, 0.2) is 24.4 Å². The number of nitrogens with one attached hydrogen (secondary N) is 2. The van der Waals surface area contributed by atoms with E-state index >= 15 is 0 Å². The van der Waals surface area contributed by atoms with Crippen LogP contribution in [-0.4, -0.2) is 82.0 Å². The zero-order chi connectivity index (χ0) is 22.9. The van der Waals surface area contributed by atoms with Crippen LogP contribution >= 0.6 is 0 Å². The number of methoxy groups -OCH3 is 2. The maximum absolute atomic E-state index is 11.8. The molecule has 1 aromatic carbocycles. The molecule has 12 heteroatoms. The minimum absolute atomic E-state index is 0.185. The van der Waals surface area contributed by atoms with Gasteiger partial charge in [0.25, 0.3) is 0 Å². The van der Waals surface area contributed by atoms with E-state index in [4.69, 9.17) is 14.6 Å². The first-order chi connectivity index (χ1) is 15.3. The monoisotopic (exact) mass is 465 g/mol. The lowest BCUT2D eigenvalue weighted by molar-refractivity contribution is 0.167. The predicted octanol–water partition coefficient (Wildman–Crippen LogP) is 1.01. The highest BCUT2D eigenvalue weighted by Gasteiger charge is 2.49. The Morgan fingerprint density at radius 2 is 1.81 bits per heavy atom. The van der Waals surface area contributed by atoms with Crippen molar-refractivity contribution >= 4 is 32.9 Å². The zero-order valence-electron chi connectivity index (χ0n) is 18.0. The van der Waals surface area contributed by atoms with Crippen LogP contribution in [0, 0.1) is 0 Å². The highest BCUT2D eigenvalue weighted by atomic mass is 32.2. The van der Waals surface area contributed by atoms with Gasteiger partial charge in [0.1, 0.15) is 0 Å². The van der Waals surface area contributed by atoms with Gasteiger partial charge >= 0.3 is 16.3 Å². The number of hydrogen-bond donors (Lipinski definition) is 3. The van der Waals surface area contributed by atoms with Crippen molar-refractivity contribution < 1.29 is 27.8 Å². The van der Waals surface area contributed by atoms with Gasteiger partial charge < -0.3 is 19.5 Å². The van der Waals surface area contributed by atoms with Crippen molar-refractivity contribution in [2.75, 3.05) is 51.8 Å². The number of nitrogens with zero attached hydrogens (tertiary/aromatic N) is 3. The first-order valence-electron chi connectivity index (χ1n) is 10.3. The molecular weight excluding hydrogens is 438 g/mol. The van der Waals surface area contributed by atoms with Crippen molar-refractivity contribution in [1.29, 1.82) is 0 Å². The quantitative estimate of drug-likeness (QED) is 0.522. The Hall–Kier alpha value is -2.83. The minimum Gasteiger partial charge on any atom is -0.493 e. The van der Waals surface area contributed by atoms with Crippen molar-refractivity contribution in [3.05, 3.63) is 24.4 Å². The van der Waals surface area contributed by atoms with Crippen LogP contribution in [0.4, 0.5) is 10.5 Å². The highest BCUT2D eigenvalue weighted by molar-refractivity contribution is 7.88. The average Bonchev–Trinajstić information content (AvgIpc) is 3.57. The number of carboxylic acid groups (broad SMARTS) is 1. The number of rotatable bonds is 8. The first-order valence-corrected chi connectivity index (χ1v) is 11.8. The molecule has 0 unspecified atom stereocenters. The predicted molar refractivity (Wildman–Crippen MR) is 119 cm³/mol. The number of ether oxygens (including phenoxy) is 2. The largest absolute Gasteiger partial charge is 0.493 e. The second-order valence-electron chi connectivity index (χ2n) is 7.98. The van der Waals surface area contributed by atoms with Crippen molar-refractivity contribution in [1.82, 2.24) is 19.3 Å². The molecule has 2 aliphatic rings. The van der Waals surface area contributed by atoms with Gasteiger partial charge in [-0.15, -0.1) is 0 Å².